The SMILES string of the molecule is COc1ncc(Br)c(C=O)c1Cl. The minimum atomic E-state index is 0.224. The Morgan fingerprint density at radius 2 is 2.42 bits per heavy atom. The zero-order valence-corrected chi connectivity index (χ0v) is 8.52. The second-order valence-corrected chi connectivity index (χ2v) is 3.19. The van der Waals surface area contributed by atoms with Gasteiger partial charge in [-0.25, -0.2) is 4.98 Å². The van der Waals surface area contributed by atoms with Crippen LogP contribution in [0.5, 0.6) is 5.88 Å². The smallest absolute Gasteiger partial charge is 0.233 e. The van der Waals surface area contributed by atoms with E-state index in [0.29, 0.717) is 16.3 Å². The zero-order valence-electron chi connectivity index (χ0n) is 6.17. The van der Waals surface area contributed by atoms with E-state index in [2.05, 4.69) is 20.9 Å². The van der Waals surface area contributed by atoms with E-state index < -0.39 is 0 Å². The molecule has 5 heteroatoms. The van der Waals surface area contributed by atoms with E-state index >= 15 is 0 Å². The van der Waals surface area contributed by atoms with Gasteiger partial charge in [-0.05, 0) is 15.9 Å². The van der Waals surface area contributed by atoms with Crippen molar-refractivity contribution >= 4 is 33.8 Å². The van der Waals surface area contributed by atoms with Crippen LogP contribution in [-0.2, 0) is 0 Å². The van der Waals surface area contributed by atoms with Gasteiger partial charge in [-0.2, -0.15) is 0 Å². The van der Waals surface area contributed by atoms with Gasteiger partial charge in [-0.15, -0.1) is 0 Å². The lowest BCUT2D eigenvalue weighted by atomic mass is 10.3. The number of pyridine rings is 1. The van der Waals surface area contributed by atoms with Crippen molar-refractivity contribution in [2.45, 2.75) is 0 Å². The molecule has 0 bridgehead atoms. The third-order valence-electron chi connectivity index (χ3n) is 1.29. The van der Waals surface area contributed by atoms with Crippen LogP contribution in [0, 0.1) is 0 Å². The lowest BCUT2D eigenvalue weighted by Gasteiger charge is -2.03. The number of carbonyl (C=O) groups is 1. The molecule has 12 heavy (non-hydrogen) atoms. The first kappa shape index (κ1) is 9.48. The van der Waals surface area contributed by atoms with Gasteiger partial charge in [0.15, 0.2) is 6.29 Å². The van der Waals surface area contributed by atoms with Crippen molar-refractivity contribution in [1.82, 2.24) is 4.98 Å². The summed E-state index contributed by atoms with van der Waals surface area (Å²) >= 11 is 8.90. The minimum Gasteiger partial charge on any atom is -0.480 e. The van der Waals surface area contributed by atoms with E-state index in [1.165, 1.54) is 13.3 Å². The third kappa shape index (κ3) is 1.59. The molecule has 3 nitrogen and oxygen atoms in total. The lowest BCUT2D eigenvalue weighted by Crippen LogP contribution is -1.93. The van der Waals surface area contributed by atoms with Crippen molar-refractivity contribution < 1.29 is 9.53 Å². The standard InChI is InChI=1S/C7H5BrClNO2/c1-12-7-6(9)4(3-11)5(8)2-10-7/h2-3H,1H3. The Bertz CT molecular complexity index is 317. The molecule has 0 saturated carbocycles. The summed E-state index contributed by atoms with van der Waals surface area (Å²) in [5.74, 6) is 0.252. The van der Waals surface area contributed by atoms with Crippen LogP contribution in [-0.4, -0.2) is 18.4 Å². The van der Waals surface area contributed by atoms with Crippen molar-refractivity contribution in [2.75, 3.05) is 7.11 Å². The minimum absolute atomic E-state index is 0.224. The molecule has 0 radical (unpaired) electrons. The van der Waals surface area contributed by atoms with E-state index in [9.17, 15) is 4.79 Å². The van der Waals surface area contributed by atoms with Crippen molar-refractivity contribution in [3.63, 3.8) is 0 Å². The second-order valence-electron chi connectivity index (χ2n) is 1.96. The van der Waals surface area contributed by atoms with Crippen LogP contribution in [0.15, 0.2) is 10.7 Å². The molecule has 1 heterocycles. The summed E-state index contributed by atoms with van der Waals surface area (Å²) in [4.78, 5) is 14.4. The molecule has 1 rings (SSSR count). The zero-order chi connectivity index (χ0) is 9.14. The fourth-order valence-corrected chi connectivity index (χ4v) is 1.49. The molecule has 0 unspecified atom stereocenters. The van der Waals surface area contributed by atoms with Gasteiger partial charge in [0.25, 0.3) is 0 Å². The predicted molar refractivity (Wildman–Crippen MR) is 48.9 cm³/mol. The number of nitrogens with zero attached hydrogens (tertiary/aromatic N) is 1. The molecule has 0 aliphatic carbocycles. The number of carbonyl (C=O) groups excluding carboxylic acids is 1. The van der Waals surface area contributed by atoms with Crippen LogP contribution in [0.25, 0.3) is 0 Å². The highest BCUT2D eigenvalue weighted by Gasteiger charge is 2.10. The fourth-order valence-electron chi connectivity index (χ4n) is 0.712. The number of hydrogen-bond acceptors (Lipinski definition) is 3. The maximum absolute atomic E-state index is 10.5. The first-order valence-electron chi connectivity index (χ1n) is 3.04. The van der Waals surface area contributed by atoms with E-state index in [0.717, 1.165) is 0 Å². The van der Waals surface area contributed by atoms with E-state index in [1.54, 1.807) is 0 Å². The first-order valence-corrected chi connectivity index (χ1v) is 4.21. The summed E-state index contributed by atoms with van der Waals surface area (Å²) in [6, 6.07) is 0. The van der Waals surface area contributed by atoms with Gasteiger partial charge in [0, 0.05) is 10.7 Å². The van der Waals surface area contributed by atoms with Crippen LogP contribution in [0.2, 0.25) is 5.02 Å². The molecule has 0 atom stereocenters. The number of aldehydes is 1. The first-order chi connectivity index (χ1) is 5.70. The Kier molecular flexibility index (Phi) is 3.05. The Hall–Kier alpha value is -0.610. The van der Waals surface area contributed by atoms with Crippen LogP contribution >= 0.6 is 27.5 Å². The lowest BCUT2D eigenvalue weighted by molar-refractivity contribution is 0.112. The highest BCUT2D eigenvalue weighted by atomic mass is 79.9. The number of aromatic nitrogens is 1. The molecule has 0 saturated heterocycles. The Labute approximate surface area is 82.8 Å². The summed E-state index contributed by atoms with van der Waals surface area (Å²) in [7, 11) is 1.44. The van der Waals surface area contributed by atoms with Crippen molar-refractivity contribution in [2.24, 2.45) is 0 Å². The largest absolute Gasteiger partial charge is 0.480 e. The Morgan fingerprint density at radius 3 is 2.92 bits per heavy atom. The maximum Gasteiger partial charge on any atom is 0.233 e. The Balaban J connectivity index is 3.33. The number of halogens is 2. The molecular formula is C7H5BrClNO2. The van der Waals surface area contributed by atoms with Crippen LogP contribution in [0.4, 0.5) is 0 Å². The highest BCUT2D eigenvalue weighted by Crippen LogP contribution is 2.29. The molecule has 1 aromatic rings. The van der Waals surface area contributed by atoms with Gasteiger partial charge < -0.3 is 4.74 Å². The van der Waals surface area contributed by atoms with Crippen LogP contribution in [0.3, 0.4) is 0 Å². The number of methoxy groups -OCH3 is 1. The van der Waals surface area contributed by atoms with E-state index in [1.807, 2.05) is 0 Å². The quantitative estimate of drug-likeness (QED) is 0.756. The molecule has 0 aromatic carbocycles. The van der Waals surface area contributed by atoms with Crippen molar-refractivity contribution in [3.8, 4) is 5.88 Å². The number of ether oxygens (including phenoxy) is 1. The van der Waals surface area contributed by atoms with Gasteiger partial charge in [0.1, 0.15) is 5.02 Å². The van der Waals surface area contributed by atoms with Gasteiger partial charge >= 0.3 is 0 Å². The van der Waals surface area contributed by atoms with Crippen LogP contribution in [0.1, 0.15) is 10.4 Å². The number of hydrogen-bond donors (Lipinski definition) is 0. The molecule has 0 amide bonds. The van der Waals surface area contributed by atoms with Gasteiger partial charge in [0.05, 0.1) is 12.7 Å². The van der Waals surface area contributed by atoms with E-state index in [4.69, 9.17) is 16.3 Å². The molecular weight excluding hydrogens is 245 g/mol. The summed E-state index contributed by atoms with van der Waals surface area (Å²) in [5.41, 5.74) is 0.350. The van der Waals surface area contributed by atoms with Crippen molar-refractivity contribution in [3.05, 3.63) is 21.3 Å². The molecule has 0 fully saturated rings. The van der Waals surface area contributed by atoms with Gasteiger partial charge in [-0.1, -0.05) is 11.6 Å². The molecule has 0 spiro atoms. The van der Waals surface area contributed by atoms with Crippen molar-refractivity contribution in [1.29, 1.82) is 0 Å². The monoisotopic (exact) mass is 249 g/mol. The Morgan fingerprint density at radius 1 is 1.75 bits per heavy atom. The average molecular weight is 250 g/mol. The number of rotatable bonds is 2. The molecule has 0 N–H and O–H groups in total. The topological polar surface area (TPSA) is 39.2 Å². The van der Waals surface area contributed by atoms with E-state index in [-0.39, 0.29) is 10.9 Å². The normalized spacial score (nSPS) is 9.58. The second kappa shape index (κ2) is 3.87. The fraction of sp³-hybridized carbons (Fsp3) is 0.143. The summed E-state index contributed by atoms with van der Waals surface area (Å²) in [5, 5.41) is 0.224. The average Bonchev–Trinajstić information content (AvgIpc) is 2.06. The summed E-state index contributed by atoms with van der Waals surface area (Å²) in [6.45, 7) is 0. The van der Waals surface area contributed by atoms with Gasteiger partial charge in [0.2, 0.25) is 5.88 Å². The predicted octanol–water partition coefficient (Wildman–Crippen LogP) is 2.32. The highest BCUT2D eigenvalue weighted by molar-refractivity contribution is 9.10. The summed E-state index contributed by atoms with van der Waals surface area (Å²) < 4.78 is 5.38. The molecule has 0 aliphatic heterocycles. The molecule has 0 aliphatic rings. The molecule has 64 valence electrons. The summed E-state index contributed by atoms with van der Waals surface area (Å²) in [6.07, 6.45) is 2.12. The maximum atomic E-state index is 10.5. The molecule has 1 aromatic heterocycles. The van der Waals surface area contributed by atoms with Crippen LogP contribution < -0.4 is 4.74 Å². The van der Waals surface area contributed by atoms with Gasteiger partial charge in [-0.3, -0.25) is 4.79 Å². The third-order valence-corrected chi connectivity index (χ3v) is 2.29.